The zero-order chi connectivity index (χ0) is 14.4. The lowest BCUT2D eigenvalue weighted by Crippen LogP contribution is -2.14. The Morgan fingerprint density at radius 3 is 2.30 bits per heavy atom. The van der Waals surface area contributed by atoms with Crippen LogP contribution in [0.25, 0.3) is 0 Å². The smallest absolute Gasteiger partial charge is 0.100 e. The van der Waals surface area contributed by atoms with Gasteiger partial charge in [0.25, 0.3) is 0 Å². The molecule has 0 radical (unpaired) electrons. The summed E-state index contributed by atoms with van der Waals surface area (Å²) in [5, 5.41) is 12.0. The molecule has 0 saturated carbocycles. The molecule has 1 aromatic carbocycles. The van der Waals surface area contributed by atoms with Crippen LogP contribution in [0, 0.1) is 0 Å². The standard InChI is InChI=1S/C16H19NOS2/c1-12(2)19-16(20-14-10-6-7-11-17-14)15(18)13-8-4-3-5-9-13/h3-12,15-16,18H,1-2H3/t15-,16-/m0/s1. The van der Waals surface area contributed by atoms with Gasteiger partial charge in [-0.2, -0.15) is 0 Å². The van der Waals surface area contributed by atoms with Gasteiger partial charge in [-0.15, -0.1) is 11.8 Å². The van der Waals surface area contributed by atoms with Crippen LogP contribution in [0.15, 0.2) is 59.8 Å². The average Bonchev–Trinajstić information content (AvgIpc) is 2.47. The first-order valence-electron chi connectivity index (χ1n) is 6.63. The maximum atomic E-state index is 10.6. The van der Waals surface area contributed by atoms with Crippen LogP contribution in [0.5, 0.6) is 0 Å². The van der Waals surface area contributed by atoms with E-state index in [2.05, 4.69) is 18.8 Å². The van der Waals surface area contributed by atoms with Crippen molar-refractivity contribution in [3.63, 3.8) is 0 Å². The molecule has 0 bridgehead atoms. The highest BCUT2D eigenvalue weighted by Crippen LogP contribution is 2.40. The second kappa shape index (κ2) is 7.72. The van der Waals surface area contributed by atoms with Gasteiger partial charge in [0.15, 0.2) is 0 Å². The van der Waals surface area contributed by atoms with Gasteiger partial charge in [-0.3, -0.25) is 0 Å². The van der Waals surface area contributed by atoms with Crippen LogP contribution in [0.4, 0.5) is 0 Å². The first-order chi connectivity index (χ1) is 9.66. The van der Waals surface area contributed by atoms with Gasteiger partial charge in [0, 0.05) is 11.4 Å². The highest BCUT2D eigenvalue weighted by molar-refractivity contribution is 8.17. The van der Waals surface area contributed by atoms with Crippen molar-refractivity contribution < 1.29 is 5.11 Å². The molecule has 0 amide bonds. The average molecular weight is 305 g/mol. The molecule has 2 aromatic rings. The van der Waals surface area contributed by atoms with Crippen LogP contribution < -0.4 is 0 Å². The molecule has 2 nitrogen and oxygen atoms in total. The third-order valence-electron chi connectivity index (χ3n) is 2.68. The Balaban J connectivity index is 2.15. The van der Waals surface area contributed by atoms with E-state index in [0.717, 1.165) is 10.6 Å². The lowest BCUT2D eigenvalue weighted by molar-refractivity contribution is 0.196. The topological polar surface area (TPSA) is 33.1 Å². The number of aliphatic hydroxyl groups is 1. The van der Waals surface area contributed by atoms with E-state index >= 15 is 0 Å². The van der Waals surface area contributed by atoms with E-state index in [9.17, 15) is 5.11 Å². The predicted molar refractivity (Wildman–Crippen MR) is 88.0 cm³/mol. The van der Waals surface area contributed by atoms with E-state index < -0.39 is 6.10 Å². The monoisotopic (exact) mass is 305 g/mol. The molecule has 1 aromatic heterocycles. The fourth-order valence-corrected chi connectivity index (χ4v) is 4.61. The maximum absolute atomic E-state index is 10.6. The minimum absolute atomic E-state index is 0.0345. The van der Waals surface area contributed by atoms with Crippen molar-refractivity contribution in [1.29, 1.82) is 0 Å². The second-order valence-electron chi connectivity index (χ2n) is 4.69. The zero-order valence-corrected chi connectivity index (χ0v) is 13.3. The van der Waals surface area contributed by atoms with Crippen molar-refractivity contribution in [2.75, 3.05) is 0 Å². The molecule has 0 saturated heterocycles. The SMILES string of the molecule is CC(C)S[C@@H](Sc1ccccn1)[C@@H](O)c1ccccc1. The lowest BCUT2D eigenvalue weighted by Gasteiger charge is -2.23. The molecule has 0 aliphatic rings. The summed E-state index contributed by atoms with van der Waals surface area (Å²) in [5.74, 6) is 0. The van der Waals surface area contributed by atoms with Gasteiger partial charge in [-0.25, -0.2) is 4.98 Å². The third-order valence-corrected chi connectivity index (χ3v) is 5.35. The molecule has 0 aliphatic heterocycles. The van der Waals surface area contributed by atoms with Crippen LogP contribution in [0.2, 0.25) is 0 Å². The van der Waals surface area contributed by atoms with Crippen molar-refractivity contribution in [3.05, 3.63) is 60.3 Å². The molecule has 2 rings (SSSR count). The molecular weight excluding hydrogens is 286 g/mol. The molecule has 4 heteroatoms. The van der Waals surface area contributed by atoms with Crippen LogP contribution >= 0.6 is 23.5 Å². The highest BCUT2D eigenvalue weighted by Gasteiger charge is 2.24. The number of rotatable bonds is 6. The Kier molecular flexibility index (Phi) is 5.95. The van der Waals surface area contributed by atoms with E-state index in [0.29, 0.717) is 5.25 Å². The minimum Gasteiger partial charge on any atom is -0.386 e. The van der Waals surface area contributed by atoms with Gasteiger partial charge in [0.2, 0.25) is 0 Å². The van der Waals surface area contributed by atoms with Crippen molar-refractivity contribution in [2.45, 2.75) is 34.8 Å². The molecule has 0 fully saturated rings. The molecule has 1 heterocycles. The number of aromatic nitrogens is 1. The largest absolute Gasteiger partial charge is 0.386 e. The number of hydrogen-bond acceptors (Lipinski definition) is 4. The fourth-order valence-electron chi connectivity index (χ4n) is 1.78. The molecule has 0 unspecified atom stereocenters. The Labute approximate surface area is 129 Å². The van der Waals surface area contributed by atoms with Crippen molar-refractivity contribution >= 4 is 23.5 Å². The van der Waals surface area contributed by atoms with Crippen LogP contribution in [-0.4, -0.2) is 19.9 Å². The summed E-state index contributed by atoms with van der Waals surface area (Å²) in [6.07, 6.45) is 1.28. The van der Waals surface area contributed by atoms with Gasteiger partial charge in [0.1, 0.15) is 6.10 Å². The molecule has 20 heavy (non-hydrogen) atoms. The molecule has 106 valence electrons. The molecular formula is C16H19NOS2. The Morgan fingerprint density at radius 1 is 1.00 bits per heavy atom. The van der Waals surface area contributed by atoms with Gasteiger partial charge in [0.05, 0.1) is 9.61 Å². The number of aliphatic hydroxyl groups excluding tert-OH is 1. The Morgan fingerprint density at radius 2 is 1.70 bits per heavy atom. The summed E-state index contributed by atoms with van der Waals surface area (Å²) in [5.41, 5.74) is 0.953. The molecule has 0 spiro atoms. The summed E-state index contributed by atoms with van der Waals surface area (Å²) in [4.78, 5) is 4.34. The summed E-state index contributed by atoms with van der Waals surface area (Å²) < 4.78 is 0.0345. The van der Waals surface area contributed by atoms with E-state index in [1.54, 1.807) is 29.7 Å². The lowest BCUT2D eigenvalue weighted by atomic mass is 10.1. The van der Waals surface area contributed by atoms with E-state index in [4.69, 9.17) is 0 Å². The number of benzene rings is 1. The van der Waals surface area contributed by atoms with Gasteiger partial charge in [-0.1, -0.05) is 62.0 Å². The summed E-state index contributed by atoms with van der Waals surface area (Å²) in [7, 11) is 0. The predicted octanol–water partition coefficient (Wildman–Crippen LogP) is 4.38. The maximum Gasteiger partial charge on any atom is 0.100 e. The fraction of sp³-hybridized carbons (Fsp3) is 0.312. The second-order valence-corrected chi connectivity index (χ2v) is 7.88. The zero-order valence-electron chi connectivity index (χ0n) is 11.6. The minimum atomic E-state index is -0.504. The Bertz CT molecular complexity index is 504. The van der Waals surface area contributed by atoms with Crippen LogP contribution in [-0.2, 0) is 0 Å². The van der Waals surface area contributed by atoms with Crippen molar-refractivity contribution in [3.8, 4) is 0 Å². The molecule has 1 N–H and O–H groups in total. The third kappa shape index (κ3) is 4.54. The van der Waals surface area contributed by atoms with Crippen LogP contribution in [0.1, 0.15) is 25.5 Å². The number of hydrogen-bond donors (Lipinski definition) is 1. The van der Waals surface area contributed by atoms with E-state index in [1.165, 1.54) is 0 Å². The number of nitrogens with zero attached hydrogens (tertiary/aromatic N) is 1. The summed E-state index contributed by atoms with van der Waals surface area (Å²) in [6.45, 7) is 4.29. The van der Waals surface area contributed by atoms with Gasteiger partial charge >= 0.3 is 0 Å². The van der Waals surface area contributed by atoms with E-state index in [1.807, 2.05) is 48.5 Å². The summed E-state index contributed by atoms with van der Waals surface area (Å²) >= 11 is 3.39. The number of thioether (sulfide) groups is 2. The normalized spacial score (nSPS) is 14.2. The first kappa shape index (κ1) is 15.4. The first-order valence-corrected chi connectivity index (χ1v) is 8.45. The van der Waals surface area contributed by atoms with Crippen LogP contribution in [0.3, 0.4) is 0 Å². The van der Waals surface area contributed by atoms with Gasteiger partial charge in [-0.05, 0) is 17.7 Å². The van der Waals surface area contributed by atoms with Crippen molar-refractivity contribution in [2.24, 2.45) is 0 Å². The van der Waals surface area contributed by atoms with Gasteiger partial charge < -0.3 is 5.11 Å². The van der Waals surface area contributed by atoms with E-state index in [-0.39, 0.29) is 4.58 Å². The molecule has 0 aliphatic carbocycles. The highest BCUT2D eigenvalue weighted by atomic mass is 32.2. The summed E-state index contributed by atoms with van der Waals surface area (Å²) in [6, 6.07) is 15.7. The number of pyridine rings is 1. The quantitative estimate of drug-likeness (QED) is 0.634. The Hall–Kier alpha value is -0.970. The van der Waals surface area contributed by atoms with Crippen molar-refractivity contribution in [1.82, 2.24) is 4.98 Å². The molecule has 2 atom stereocenters.